The summed E-state index contributed by atoms with van der Waals surface area (Å²) in [7, 11) is 0. The molecule has 0 aliphatic carbocycles. The molecule has 0 saturated heterocycles. The van der Waals surface area contributed by atoms with Crippen LogP contribution in [0.15, 0.2) is 54.6 Å². The topological polar surface area (TPSA) is 95.7 Å². The number of nitro benzene ring substituents is 1. The minimum atomic E-state index is -0.668. The Balaban J connectivity index is 1.78. The average molecular weight is 376 g/mol. The molecule has 0 N–H and O–H groups in total. The van der Waals surface area contributed by atoms with Crippen LogP contribution >= 0.6 is 11.6 Å². The van der Waals surface area contributed by atoms with Crippen molar-refractivity contribution < 1.29 is 24.0 Å². The fourth-order valence-electron chi connectivity index (χ4n) is 1.92. The van der Waals surface area contributed by atoms with Gasteiger partial charge in [-0.2, -0.15) is 0 Å². The van der Waals surface area contributed by atoms with E-state index in [1.54, 1.807) is 30.3 Å². The van der Waals surface area contributed by atoms with Crippen LogP contribution < -0.4 is 0 Å². The predicted octanol–water partition coefficient (Wildman–Crippen LogP) is 3.66. The molecule has 0 aliphatic heterocycles. The minimum absolute atomic E-state index is 0.00922. The largest absolute Gasteiger partial charge is 0.459 e. The molecule has 7 nitrogen and oxygen atoms in total. The molecule has 0 amide bonds. The Morgan fingerprint density at radius 1 is 1.08 bits per heavy atom. The summed E-state index contributed by atoms with van der Waals surface area (Å²) in [5.41, 5.74) is 0.576. The molecule has 0 atom stereocenters. The molecule has 2 aromatic rings. The van der Waals surface area contributed by atoms with Crippen LogP contribution in [-0.4, -0.2) is 30.1 Å². The summed E-state index contributed by atoms with van der Waals surface area (Å²) in [6, 6.07) is 12.6. The summed E-state index contributed by atoms with van der Waals surface area (Å²) in [4.78, 5) is 33.5. The van der Waals surface area contributed by atoms with Crippen molar-refractivity contribution in [1.29, 1.82) is 0 Å². The van der Waals surface area contributed by atoms with Crippen LogP contribution in [0.2, 0.25) is 5.02 Å². The smallest absolute Gasteiger partial charge is 0.338 e. The van der Waals surface area contributed by atoms with Crippen LogP contribution in [-0.2, 0) is 14.3 Å². The second-order valence-electron chi connectivity index (χ2n) is 4.97. The van der Waals surface area contributed by atoms with Crippen molar-refractivity contribution in [3.8, 4) is 0 Å². The summed E-state index contributed by atoms with van der Waals surface area (Å²) in [5.74, 6) is -1.18. The number of hydrogen-bond donors (Lipinski definition) is 0. The van der Waals surface area contributed by atoms with Crippen molar-refractivity contribution in [2.24, 2.45) is 0 Å². The molecule has 0 aliphatic rings. The highest BCUT2D eigenvalue weighted by Crippen LogP contribution is 2.25. The van der Waals surface area contributed by atoms with Gasteiger partial charge < -0.3 is 9.47 Å². The van der Waals surface area contributed by atoms with Gasteiger partial charge in [0.1, 0.15) is 18.2 Å². The number of nitrogens with zero attached hydrogens (tertiary/aromatic N) is 1. The number of rotatable bonds is 7. The number of benzene rings is 2. The predicted molar refractivity (Wildman–Crippen MR) is 94.8 cm³/mol. The highest BCUT2D eigenvalue weighted by Gasteiger charge is 2.12. The average Bonchev–Trinajstić information content (AvgIpc) is 2.64. The van der Waals surface area contributed by atoms with Gasteiger partial charge in [0.2, 0.25) is 0 Å². The molecule has 8 heteroatoms. The van der Waals surface area contributed by atoms with Crippen LogP contribution in [0.5, 0.6) is 0 Å². The van der Waals surface area contributed by atoms with Gasteiger partial charge in [0, 0.05) is 12.1 Å². The summed E-state index contributed by atoms with van der Waals surface area (Å²) in [5, 5.41) is 10.8. The Morgan fingerprint density at radius 3 is 2.46 bits per heavy atom. The molecule has 0 bridgehead atoms. The number of nitro groups is 1. The lowest BCUT2D eigenvalue weighted by atomic mass is 10.2. The standard InChI is InChI=1S/C18H14ClNO6/c19-15-8-6-13(12-16(15)20(23)24)7-9-17(21)25-10-11-26-18(22)14-4-2-1-3-5-14/h1-9,12H,10-11H2/b9-7+. The summed E-state index contributed by atoms with van der Waals surface area (Å²) >= 11 is 5.71. The fourth-order valence-corrected chi connectivity index (χ4v) is 2.11. The van der Waals surface area contributed by atoms with Gasteiger partial charge >= 0.3 is 11.9 Å². The monoisotopic (exact) mass is 375 g/mol. The molecular weight excluding hydrogens is 362 g/mol. The van der Waals surface area contributed by atoms with Gasteiger partial charge in [0.05, 0.1) is 10.5 Å². The molecule has 0 fully saturated rings. The van der Waals surface area contributed by atoms with E-state index in [9.17, 15) is 19.7 Å². The number of halogens is 1. The number of hydrogen-bond acceptors (Lipinski definition) is 6. The van der Waals surface area contributed by atoms with Crippen LogP contribution in [0.1, 0.15) is 15.9 Å². The lowest BCUT2D eigenvalue weighted by molar-refractivity contribution is -0.384. The third-order valence-corrected chi connectivity index (χ3v) is 3.47. The van der Waals surface area contributed by atoms with Crippen molar-refractivity contribution in [1.82, 2.24) is 0 Å². The molecule has 2 rings (SSSR count). The first-order chi connectivity index (χ1) is 12.5. The minimum Gasteiger partial charge on any atom is -0.459 e. The zero-order valence-electron chi connectivity index (χ0n) is 13.5. The van der Waals surface area contributed by atoms with Crippen LogP contribution in [0.25, 0.3) is 6.08 Å². The molecule has 26 heavy (non-hydrogen) atoms. The van der Waals surface area contributed by atoms with Crippen molar-refractivity contribution in [2.45, 2.75) is 0 Å². The SMILES string of the molecule is O=C(/C=C/c1ccc(Cl)c([N+](=O)[O-])c1)OCCOC(=O)c1ccccc1. The summed E-state index contributed by atoms with van der Waals surface area (Å²) in [6.07, 6.45) is 2.48. The number of carbonyl (C=O) groups excluding carboxylic acids is 2. The van der Waals surface area contributed by atoms with Crippen molar-refractivity contribution >= 4 is 35.3 Å². The van der Waals surface area contributed by atoms with Crippen molar-refractivity contribution in [3.05, 3.63) is 80.9 Å². The van der Waals surface area contributed by atoms with Gasteiger partial charge in [-0.15, -0.1) is 0 Å². The Hall–Kier alpha value is -3.19. The molecule has 0 heterocycles. The van der Waals surface area contributed by atoms with E-state index >= 15 is 0 Å². The third-order valence-electron chi connectivity index (χ3n) is 3.15. The maximum Gasteiger partial charge on any atom is 0.338 e. The zero-order chi connectivity index (χ0) is 18.9. The molecule has 0 aromatic heterocycles. The van der Waals surface area contributed by atoms with Gasteiger partial charge in [0.15, 0.2) is 0 Å². The summed E-state index contributed by atoms with van der Waals surface area (Å²) < 4.78 is 9.86. The number of ether oxygens (including phenoxy) is 2. The Labute approximate surface area is 153 Å². The molecule has 0 spiro atoms. The summed E-state index contributed by atoms with van der Waals surface area (Å²) in [6.45, 7) is -0.192. The Bertz CT molecular complexity index is 835. The normalized spacial score (nSPS) is 10.5. The van der Waals surface area contributed by atoms with Gasteiger partial charge in [0.25, 0.3) is 5.69 Å². The lowest BCUT2D eigenvalue weighted by Gasteiger charge is -2.05. The third kappa shape index (κ3) is 5.71. The van der Waals surface area contributed by atoms with Crippen molar-refractivity contribution in [3.63, 3.8) is 0 Å². The van der Waals surface area contributed by atoms with E-state index in [4.69, 9.17) is 21.1 Å². The molecule has 2 aromatic carbocycles. The van der Waals surface area contributed by atoms with Gasteiger partial charge in [-0.05, 0) is 29.8 Å². The molecule has 0 unspecified atom stereocenters. The van der Waals surface area contributed by atoms with E-state index in [1.807, 2.05) is 0 Å². The van der Waals surface area contributed by atoms with E-state index < -0.39 is 16.9 Å². The van der Waals surface area contributed by atoms with Crippen LogP contribution in [0.3, 0.4) is 0 Å². The Morgan fingerprint density at radius 2 is 1.77 bits per heavy atom. The molecule has 0 saturated carbocycles. The van der Waals surface area contributed by atoms with Crippen molar-refractivity contribution in [2.75, 3.05) is 13.2 Å². The molecule has 0 radical (unpaired) electrons. The maximum absolute atomic E-state index is 11.7. The van der Waals surface area contributed by atoms with Crippen LogP contribution in [0, 0.1) is 10.1 Å². The van der Waals surface area contributed by atoms with E-state index in [0.29, 0.717) is 11.1 Å². The van der Waals surface area contributed by atoms with Gasteiger partial charge in [-0.3, -0.25) is 10.1 Å². The molecule has 134 valence electrons. The lowest BCUT2D eigenvalue weighted by Crippen LogP contribution is -2.12. The van der Waals surface area contributed by atoms with E-state index in [2.05, 4.69) is 0 Å². The van der Waals surface area contributed by atoms with E-state index in [1.165, 1.54) is 24.3 Å². The van der Waals surface area contributed by atoms with Gasteiger partial charge in [-0.25, -0.2) is 9.59 Å². The second-order valence-corrected chi connectivity index (χ2v) is 5.38. The van der Waals surface area contributed by atoms with E-state index in [0.717, 1.165) is 6.08 Å². The van der Waals surface area contributed by atoms with Crippen LogP contribution in [0.4, 0.5) is 5.69 Å². The van der Waals surface area contributed by atoms with Gasteiger partial charge in [-0.1, -0.05) is 35.9 Å². The first kappa shape index (κ1) is 19.1. The number of carbonyl (C=O) groups is 2. The first-order valence-corrected chi connectivity index (χ1v) is 7.86. The van der Waals surface area contributed by atoms with E-state index in [-0.39, 0.29) is 23.9 Å². The highest BCUT2D eigenvalue weighted by molar-refractivity contribution is 6.32. The maximum atomic E-state index is 11.7. The number of esters is 2. The Kier molecular flexibility index (Phi) is 6.87. The first-order valence-electron chi connectivity index (χ1n) is 7.48. The second kappa shape index (κ2) is 9.33. The quantitative estimate of drug-likeness (QED) is 0.241. The molecular formula is C18H14ClNO6. The zero-order valence-corrected chi connectivity index (χ0v) is 14.2. The fraction of sp³-hybridized carbons (Fsp3) is 0.111. The highest BCUT2D eigenvalue weighted by atomic mass is 35.5.